The number of pyridine rings is 1. The summed E-state index contributed by atoms with van der Waals surface area (Å²) < 4.78 is 19.0. The van der Waals surface area contributed by atoms with E-state index in [1.165, 1.54) is 6.07 Å². The van der Waals surface area contributed by atoms with E-state index in [1.807, 2.05) is 12.1 Å². The molecule has 0 aliphatic carbocycles. The van der Waals surface area contributed by atoms with Crippen LogP contribution in [0.15, 0.2) is 42.6 Å². The number of nitrogens with one attached hydrogen (secondary N) is 1. The summed E-state index contributed by atoms with van der Waals surface area (Å²) in [5.41, 5.74) is 0. The summed E-state index contributed by atoms with van der Waals surface area (Å²) in [5.74, 6) is 1.30. The molecule has 0 bridgehead atoms. The van der Waals surface area contributed by atoms with Gasteiger partial charge in [-0.05, 0) is 24.3 Å². The molecule has 1 aliphatic rings. The molecule has 2 heterocycles. The highest BCUT2D eigenvalue weighted by atomic mass is 35.5. The third-order valence-corrected chi connectivity index (χ3v) is 3.23. The Morgan fingerprint density at radius 1 is 1.10 bits per heavy atom. The molecule has 112 valence electrons. The van der Waals surface area contributed by atoms with Gasteiger partial charge in [0.1, 0.15) is 11.6 Å². The van der Waals surface area contributed by atoms with Crippen LogP contribution >= 0.6 is 12.4 Å². The van der Waals surface area contributed by atoms with Crippen LogP contribution in [0.25, 0.3) is 0 Å². The zero-order valence-corrected chi connectivity index (χ0v) is 12.3. The molecule has 0 saturated carbocycles. The monoisotopic (exact) mass is 309 g/mol. The Morgan fingerprint density at radius 3 is 2.52 bits per heavy atom. The van der Waals surface area contributed by atoms with Gasteiger partial charge in [-0.15, -0.1) is 12.4 Å². The quantitative estimate of drug-likeness (QED) is 0.946. The van der Waals surface area contributed by atoms with Crippen molar-refractivity contribution in [3.63, 3.8) is 0 Å². The summed E-state index contributed by atoms with van der Waals surface area (Å²) in [4.78, 5) is 6.59. The van der Waals surface area contributed by atoms with Crippen LogP contribution in [-0.4, -0.2) is 31.2 Å². The number of piperazine rings is 1. The second-order valence-corrected chi connectivity index (χ2v) is 4.62. The van der Waals surface area contributed by atoms with Crippen LogP contribution in [0.2, 0.25) is 0 Å². The molecular weight excluding hydrogens is 293 g/mol. The predicted molar refractivity (Wildman–Crippen MR) is 83.0 cm³/mol. The van der Waals surface area contributed by atoms with E-state index in [2.05, 4.69) is 15.2 Å². The Hall–Kier alpha value is -1.85. The lowest BCUT2D eigenvalue weighted by atomic mass is 10.3. The molecule has 0 unspecified atom stereocenters. The molecule has 6 heteroatoms. The molecule has 4 nitrogen and oxygen atoms in total. The number of hydrogen-bond acceptors (Lipinski definition) is 4. The highest BCUT2D eigenvalue weighted by Gasteiger charge is 2.11. The topological polar surface area (TPSA) is 37.4 Å². The van der Waals surface area contributed by atoms with Gasteiger partial charge in [0.15, 0.2) is 11.6 Å². The molecule has 1 aromatic carbocycles. The number of benzene rings is 1. The van der Waals surface area contributed by atoms with Crippen molar-refractivity contribution in [3.05, 3.63) is 48.4 Å². The third-order valence-electron chi connectivity index (χ3n) is 3.23. The number of aromatic nitrogens is 1. The van der Waals surface area contributed by atoms with Gasteiger partial charge in [0.05, 0.1) is 6.20 Å². The van der Waals surface area contributed by atoms with Crippen molar-refractivity contribution in [3.8, 4) is 11.5 Å². The number of ether oxygens (including phenoxy) is 1. The number of para-hydroxylation sites is 1. The van der Waals surface area contributed by atoms with E-state index in [0.29, 0.717) is 5.75 Å². The summed E-state index contributed by atoms with van der Waals surface area (Å²) in [6, 6.07) is 10.1. The minimum Gasteiger partial charge on any atom is -0.453 e. The number of rotatable bonds is 3. The second kappa shape index (κ2) is 7.24. The molecule has 0 amide bonds. The maximum atomic E-state index is 13.5. The van der Waals surface area contributed by atoms with Gasteiger partial charge in [-0.2, -0.15) is 0 Å². The van der Waals surface area contributed by atoms with E-state index in [0.717, 1.165) is 32.0 Å². The fourth-order valence-electron chi connectivity index (χ4n) is 2.17. The first-order valence-electron chi connectivity index (χ1n) is 6.67. The molecule has 0 radical (unpaired) electrons. The normalized spacial score (nSPS) is 14.4. The van der Waals surface area contributed by atoms with Crippen LogP contribution in [0.1, 0.15) is 0 Å². The maximum Gasteiger partial charge on any atom is 0.165 e. The highest BCUT2D eigenvalue weighted by molar-refractivity contribution is 5.85. The van der Waals surface area contributed by atoms with Crippen LogP contribution in [0.4, 0.5) is 10.2 Å². The van der Waals surface area contributed by atoms with Gasteiger partial charge < -0.3 is 15.0 Å². The predicted octanol–water partition coefficient (Wildman–Crippen LogP) is 2.84. The molecule has 1 fully saturated rings. The van der Waals surface area contributed by atoms with E-state index in [9.17, 15) is 4.39 Å². The summed E-state index contributed by atoms with van der Waals surface area (Å²) in [6.07, 6.45) is 1.63. The van der Waals surface area contributed by atoms with Gasteiger partial charge in [0.2, 0.25) is 0 Å². The van der Waals surface area contributed by atoms with Crippen molar-refractivity contribution in [2.24, 2.45) is 0 Å². The molecule has 0 spiro atoms. The fourth-order valence-corrected chi connectivity index (χ4v) is 2.17. The summed E-state index contributed by atoms with van der Waals surface area (Å²) >= 11 is 0. The average molecular weight is 310 g/mol. The second-order valence-electron chi connectivity index (χ2n) is 4.62. The van der Waals surface area contributed by atoms with Crippen molar-refractivity contribution < 1.29 is 9.13 Å². The first kappa shape index (κ1) is 15.5. The molecule has 1 N–H and O–H groups in total. The van der Waals surface area contributed by atoms with Crippen LogP contribution < -0.4 is 15.0 Å². The Morgan fingerprint density at radius 2 is 1.86 bits per heavy atom. The van der Waals surface area contributed by atoms with Gasteiger partial charge in [0, 0.05) is 26.2 Å². The first-order valence-corrected chi connectivity index (χ1v) is 6.67. The SMILES string of the molecule is Cl.Fc1ccccc1Oc1ccc(N2CCNCC2)nc1. The zero-order chi connectivity index (χ0) is 13.8. The number of nitrogens with zero attached hydrogens (tertiary/aromatic N) is 2. The zero-order valence-electron chi connectivity index (χ0n) is 11.5. The summed E-state index contributed by atoms with van der Waals surface area (Å²) in [5, 5.41) is 3.30. The third kappa shape index (κ3) is 3.83. The van der Waals surface area contributed by atoms with E-state index in [1.54, 1.807) is 24.4 Å². The summed E-state index contributed by atoms with van der Waals surface area (Å²) in [6.45, 7) is 3.82. The van der Waals surface area contributed by atoms with Crippen LogP contribution in [-0.2, 0) is 0 Å². The number of halogens is 2. The first-order chi connectivity index (χ1) is 9.83. The Labute approximate surface area is 129 Å². The van der Waals surface area contributed by atoms with Gasteiger partial charge >= 0.3 is 0 Å². The van der Waals surface area contributed by atoms with E-state index < -0.39 is 0 Å². The molecule has 0 atom stereocenters. The van der Waals surface area contributed by atoms with Gasteiger partial charge in [-0.1, -0.05) is 12.1 Å². The molecular formula is C15H17ClFN3O. The Bertz CT molecular complexity index is 573. The largest absolute Gasteiger partial charge is 0.453 e. The highest BCUT2D eigenvalue weighted by Crippen LogP contribution is 2.24. The van der Waals surface area contributed by atoms with Crippen molar-refractivity contribution in [2.45, 2.75) is 0 Å². The smallest absolute Gasteiger partial charge is 0.165 e. The van der Waals surface area contributed by atoms with Gasteiger partial charge in [0.25, 0.3) is 0 Å². The molecule has 2 aromatic rings. The van der Waals surface area contributed by atoms with Gasteiger partial charge in [-0.3, -0.25) is 0 Å². The summed E-state index contributed by atoms with van der Waals surface area (Å²) in [7, 11) is 0. The van der Waals surface area contributed by atoms with E-state index in [4.69, 9.17) is 4.74 Å². The fraction of sp³-hybridized carbons (Fsp3) is 0.267. The minimum absolute atomic E-state index is 0. The van der Waals surface area contributed by atoms with Crippen molar-refractivity contribution in [1.29, 1.82) is 0 Å². The standard InChI is InChI=1S/C15H16FN3O.ClH/c16-13-3-1-2-4-14(13)20-12-5-6-15(18-11-12)19-9-7-17-8-10-19;/h1-6,11,17H,7-10H2;1H. The lowest BCUT2D eigenvalue weighted by Crippen LogP contribution is -2.43. The molecule has 1 aliphatic heterocycles. The van der Waals surface area contributed by atoms with Crippen LogP contribution in [0.3, 0.4) is 0 Å². The lowest BCUT2D eigenvalue weighted by molar-refractivity contribution is 0.440. The van der Waals surface area contributed by atoms with Crippen molar-refractivity contribution in [1.82, 2.24) is 10.3 Å². The molecule has 3 rings (SSSR count). The lowest BCUT2D eigenvalue weighted by Gasteiger charge is -2.28. The molecule has 21 heavy (non-hydrogen) atoms. The van der Waals surface area contributed by atoms with Crippen LogP contribution in [0.5, 0.6) is 11.5 Å². The number of hydrogen-bond donors (Lipinski definition) is 1. The van der Waals surface area contributed by atoms with Crippen LogP contribution in [0, 0.1) is 5.82 Å². The van der Waals surface area contributed by atoms with Gasteiger partial charge in [-0.25, -0.2) is 9.37 Å². The molecule has 1 saturated heterocycles. The number of anilines is 1. The average Bonchev–Trinajstić information content (AvgIpc) is 2.51. The Balaban J connectivity index is 0.00000161. The maximum absolute atomic E-state index is 13.5. The minimum atomic E-state index is -0.376. The van der Waals surface area contributed by atoms with Crippen molar-refractivity contribution >= 4 is 18.2 Å². The molecule has 1 aromatic heterocycles. The van der Waals surface area contributed by atoms with E-state index >= 15 is 0 Å². The Kier molecular flexibility index (Phi) is 5.36. The van der Waals surface area contributed by atoms with Crippen molar-refractivity contribution in [2.75, 3.05) is 31.1 Å². The van der Waals surface area contributed by atoms with E-state index in [-0.39, 0.29) is 24.0 Å².